The number of benzene rings is 1. The molecule has 1 aliphatic carbocycles. The SMILES string of the molecule is O=S(=O)(c1ccco1)N1CC(c2ccccc2)C2(CCC2)C1. The lowest BCUT2D eigenvalue weighted by molar-refractivity contribution is 0.131. The first-order valence-electron chi connectivity index (χ1n) is 7.70. The van der Waals surface area contributed by atoms with Gasteiger partial charge in [0, 0.05) is 19.0 Å². The van der Waals surface area contributed by atoms with Crippen molar-refractivity contribution in [3.05, 3.63) is 54.3 Å². The van der Waals surface area contributed by atoms with E-state index in [0.29, 0.717) is 13.1 Å². The van der Waals surface area contributed by atoms with E-state index in [-0.39, 0.29) is 16.4 Å². The molecule has 2 heterocycles. The quantitative estimate of drug-likeness (QED) is 0.873. The summed E-state index contributed by atoms with van der Waals surface area (Å²) in [7, 11) is -3.52. The second kappa shape index (κ2) is 4.96. The molecule has 0 amide bonds. The number of rotatable bonds is 3. The molecule has 2 aliphatic rings. The molecule has 2 fully saturated rings. The second-order valence-electron chi connectivity index (χ2n) is 6.41. The van der Waals surface area contributed by atoms with E-state index >= 15 is 0 Å². The van der Waals surface area contributed by atoms with Crippen LogP contribution in [0.25, 0.3) is 0 Å². The summed E-state index contributed by atoms with van der Waals surface area (Å²) in [6.07, 6.45) is 4.82. The van der Waals surface area contributed by atoms with Crippen molar-refractivity contribution in [3.63, 3.8) is 0 Å². The topological polar surface area (TPSA) is 50.5 Å². The van der Waals surface area contributed by atoms with Crippen LogP contribution in [0.2, 0.25) is 0 Å². The van der Waals surface area contributed by atoms with Gasteiger partial charge in [-0.25, -0.2) is 8.42 Å². The molecule has 4 nitrogen and oxygen atoms in total. The zero-order valence-corrected chi connectivity index (χ0v) is 13.1. The third-order valence-corrected chi connectivity index (χ3v) is 6.96. The molecule has 1 aromatic carbocycles. The third kappa shape index (κ3) is 2.03. The molecule has 0 radical (unpaired) electrons. The Balaban J connectivity index is 1.69. The molecule has 1 saturated carbocycles. The van der Waals surface area contributed by atoms with Crippen LogP contribution in [0, 0.1) is 5.41 Å². The lowest BCUT2D eigenvalue weighted by atomic mass is 9.61. The van der Waals surface area contributed by atoms with E-state index in [1.165, 1.54) is 24.3 Å². The van der Waals surface area contributed by atoms with Gasteiger partial charge >= 0.3 is 0 Å². The smallest absolute Gasteiger partial charge is 0.276 e. The lowest BCUT2D eigenvalue weighted by Crippen LogP contribution is -2.37. The highest BCUT2D eigenvalue weighted by Crippen LogP contribution is 2.56. The molecule has 1 atom stereocenters. The van der Waals surface area contributed by atoms with Gasteiger partial charge in [0.2, 0.25) is 5.09 Å². The molecule has 2 aromatic rings. The molecule has 1 saturated heterocycles. The van der Waals surface area contributed by atoms with Gasteiger partial charge in [-0.15, -0.1) is 0 Å². The highest BCUT2D eigenvalue weighted by molar-refractivity contribution is 7.89. The predicted molar refractivity (Wildman–Crippen MR) is 82.9 cm³/mol. The van der Waals surface area contributed by atoms with Gasteiger partial charge in [0.1, 0.15) is 0 Å². The molecule has 4 rings (SSSR count). The van der Waals surface area contributed by atoms with Crippen molar-refractivity contribution in [2.75, 3.05) is 13.1 Å². The van der Waals surface area contributed by atoms with Crippen LogP contribution >= 0.6 is 0 Å². The molecular weight excluding hydrogens is 298 g/mol. The fraction of sp³-hybridized carbons (Fsp3) is 0.412. The summed E-state index contributed by atoms with van der Waals surface area (Å²) in [6, 6.07) is 13.5. The summed E-state index contributed by atoms with van der Waals surface area (Å²) in [5, 5.41) is 0.0516. The van der Waals surface area contributed by atoms with Gasteiger partial charge in [-0.2, -0.15) is 4.31 Å². The fourth-order valence-corrected chi connectivity index (χ4v) is 5.38. The Morgan fingerprint density at radius 3 is 2.45 bits per heavy atom. The van der Waals surface area contributed by atoms with E-state index in [1.54, 1.807) is 10.4 Å². The summed E-state index contributed by atoms with van der Waals surface area (Å²) in [6.45, 7) is 1.16. The average molecular weight is 317 g/mol. The number of hydrogen-bond acceptors (Lipinski definition) is 3. The molecule has 1 spiro atoms. The van der Waals surface area contributed by atoms with Crippen molar-refractivity contribution in [2.24, 2.45) is 5.41 Å². The number of furan rings is 1. The Labute approximate surface area is 130 Å². The van der Waals surface area contributed by atoms with Crippen molar-refractivity contribution in [2.45, 2.75) is 30.3 Å². The fourth-order valence-electron chi connectivity index (χ4n) is 3.93. The van der Waals surface area contributed by atoms with Gasteiger partial charge in [0.15, 0.2) is 0 Å². The summed E-state index contributed by atoms with van der Waals surface area (Å²) >= 11 is 0. The van der Waals surface area contributed by atoms with Crippen LogP contribution in [0.4, 0.5) is 0 Å². The maximum Gasteiger partial charge on any atom is 0.276 e. The van der Waals surface area contributed by atoms with Crippen LogP contribution in [-0.4, -0.2) is 25.8 Å². The van der Waals surface area contributed by atoms with E-state index < -0.39 is 10.0 Å². The van der Waals surface area contributed by atoms with Crippen molar-refractivity contribution < 1.29 is 12.8 Å². The largest absolute Gasteiger partial charge is 0.452 e. The van der Waals surface area contributed by atoms with Gasteiger partial charge in [-0.1, -0.05) is 36.8 Å². The predicted octanol–water partition coefficient (Wildman–Crippen LogP) is 3.24. The van der Waals surface area contributed by atoms with Crippen molar-refractivity contribution in [3.8, 4) is 0 Å². The minimum Gasteiger partial charge on any atom is -0.452 e. The van der Waals surface area contributed by atoms with Gasteiger partial charge in [0.05, 0.1) is 6.26 Å². The first-order chi connectivity index (χ1) is 10.6. The van der Waals surface area contributed by atoms with Crippen LogP contribution in [-0.2, 0) is 10.0 Å². The molecule has 0 N–H and O–H groups in total. The standard InChI is InChI=1S/C17H19NO3S/c19-22(20,16-8-4-11-21-16)18-12-15(14-6-2-1-3-7-14)17(13-18)9-5-10-17/h1-4,6-8,11,15H,5,9-10,12-13H2. The van der Waals surface area contributed by atoms with Gasteiger partial charge in [-0.3, -0.25) is 0 Å². The Morgan fingerprint density at radius 1 is 1.09 bits per heavy atom. The first kappa shape index (κ1) is 14.0. The molecular formula is C17H19NO3S. The minimum absolute atomic E-state index is 0.0516. The number of sulfonamides is 1. The highest BCUT2D eigenvalue weighted by Gasteiger charge is 2.53. The normalized spacial score (nSPS) is 24.5. The van der Waals surface area contributed by atoms with E-state index in [2.05, 4.69) is 12.1 Å². The van der Waals surface area contributed by atoms with Gasteiger partial charge < -0.3 is 4.42 Å². The second-order valence-corrected chi connectivity index (χ2v) is 8.28. The highest BCUT2D eigenvalue weighted by atomic mass is 32.2. The molecule has 1 aromatic heterocycles. The zero-order valence-electron chi connectivity index (χ0n) is 12.3. The van der Waals surface area contributed by atoms with Crippen LogP contribution in [0.15, 0.2) is 58.2 Å². The van der Waals surface area contributed by atoms with Gasteiger partial charge in [0.25, 0.3) is 10.0 Å². The summed E-state index contributed by atoms with van der Waals surface area (Å²) in [4.78, 5) is 0. The molecule has 1 aliphatic heterocycles. The molecule has 1 unspecified atom stereocenters. The third-order valence-electron chi connectivity index (χ3n) is 5.26. The molecule has 116 valence electrons. The number of nitrogens with zero attached hydrogens (tertiary/aromatic N) is 1. The minimum atomic E-state index is -3.52. The number of hydrogen-bond donors (Lipinski definition) is 0. The molecule has 22 heavy (non-hydrogen) atoms. The molecule has 0 bridgehead atoms. The van der Waals surface area contributed by atoms with Crippen molar-refractivity contribution in [1.29, 1.82) is 0 Å². The zero-order chi connectivity index (χ0) is 15.2. The lowest BCUT2D eigenvalue weighted by Gasteiger charge is -2.43. The van der Waals surface area contributed by atoms with E-state index in [0.717, 1.165) is 12.8 Å². The van der Waals surface area contributed by atoms with E-state index in [4.69, 9.17) is 4.42 Å². The van der Waals surface area contributed by atoms with Crippen LogP contribution in [0.1, 0.15) is 30.7 Å². The van der Waals surface area contributed by atoms with E-state index in [1.807, 2.05) is 18.2 Å². The van der Waals surface area contributed by atoms with Crippen LogP contribution in [0.5, 0.6) is 0 Å². The maximum absolute atomic E-state index is 12.7. The Kier molecular flexibility index (Phi) is 3.16. The van der Waals surface area contributed by atoms with Crippen molar-refractivity contribution in [1.82, 2.24) is 4.31 Å². The Bertz CT molecular complexity index is 748. The average Bonchev–Trinajstić information content (AvgIpc) is 3.15. The molecule has 5 heteroatoms. The summed E-state index contributed by atoms with van der Waals surface area (Å²) in [5.41, 5.74) is 1.36. The monoisotopic (exact) mass is 317 g/mol. The maximum atomic E-state index is 12.7. The Morgan fingerprint density at radius 2 is 1.86 bits per heavy atom. The summed E-state index contributed by atoms with van der Waals surface area (Å²) in [5.74, 6) is 0.284. The Hall–Kier alpha value is -1.59. The van der Waals surface area contributed by atoms with Crippen LogP contribution in [0.3, 0.4) is 0 Å². The van der Waals surface area contributed by atoms with Gasteiger partial charge in [-0.05, 0) is 36.0 Å². The van der Waals surface area contributed by atoms with E-state index in [9.17, 15) is 8.42 Å². The van der Waals surface area contributed by atoms with Crippen molar-refractivity contribution >= 4 is 10.0 Å². The summed E-state index contributed by atoms with van der Waals surface area (Å²) < 4.78 is 32.2. The first-order valence-corrected chi connectivity index (χ1v) is 9.14. The van der Waals surface area contributed by atoms with Crippen LogP contribution < -0.4 is 0 Å².